The molecule has 2 heterocycles. The highest BCUT2D eigenvalue weighted by Gasteiger charge is 2.73. The van der Waals surface area contributed by atoms with Gasteiger partial charge < -0.3 is 19.7 Å². The monoisotopic (exact) mass is 454 g/mol. The van der Waals surface area contributed by atoms with E-state index in [0.29, 0.717) is 0 Å². The fourth-order valence-electron chi connectivity index (χ4n) is 4.21. The first kappa shape index (κ1) is 22.4. The normalized spacial score (nSPS) is 25.6. The Morgan fingerprint density at radius 1 is 1.03 bits per heavy atom. The predicted molar refractivity (Wildman–Crippen MR) is 120 cm³/mol. The first-order chi connectivity index (χ1) is 15.3. The topological polar surface area (TPSA) is 84.9 Å². The summed E-state index contributed by atoms with van der Waals surface area (Å²) in [6, 6.07) is 17.9. The SMILES string of the molecule is COC1(NC(=O)Cc2ccccc2)C(=O)N2[C@@H](C(=O)OCc3ccccc3)C(C)(C)S[C@@H]21. The number of hydrogen-bond donors (Lipinski definition) is 1. The summed E-state index contributed by atoms with van der Waals surface area (Å²) in [6.07, 6.45) is 0.128. The van der Waals surface area contributed by atoms with Gasteiger partial charge in [-0.1, -0.05) is 60.7 Å². The molecular weight excluding hydrogens is 428 g/mol. The summed E-state index contributed by atoms with van der Waals surface area (Å²) >= 11 is 1.42. The van der Waals surface area contributed by atoms with Crippen molar-refractivity contribution in [3.05, 3.63) is 71.8 Å². The molecular formula is C24H26N2O5S. The Labute approximate surface area is 191 Å². The van der Waals surface area contributed by atoms with Gasteiger partial charge in [0.25, 0.3) is 11.6 Å². The molecule has 1 unspecified atom stereocenters. The number of nitrogens with zero attached hydrogens (tertiary/aromatic N) is 1. The maximum atomic E-state index is 13.2. The Kier molecular flexibility index (Phi) is 6.01. The number of amides is 2. The first-order valence-electron chi connectivity index (χ1n) is 10.4. The molecule has 2 fully saturated rings. The van der Waals surface area contributed by atoms with E-state index in [1.54, 1.807) is 0 Å². The van der Waals surface area contributed by atoms with Gasteiger partial charge in [0.15, 0.2) is 0 Å². The van der Waals surface area contributed by atoms with Gasteiger partial charge >= 0.3 is 5.97 Å². The lowest BCUT2D eigenvalue weighted by Gasteiger charge is -2.51. The van der Waals surface area contributed by atoms with Crippen LogP contribution in [0.3, 0.4) is 0 Å². The van der Waals surface area contributed by atoms with E-state index in [4.69, 9.17) is 9.47 Å². The summed E-state index contributed by atoms with van der Waals surface area (Å²) in [7, 11) is 1.40. The van der Waals surface area contributed by atoms with Gasteiger partial charge in [-0.25, -0.2) is 4.79 Å². The van der Waals surface area contributed by atoms with Crippen molar-refractivity contribution in [1.82, 2.24) is 10.2 Å². The molecule has 2 amide bonds. The van der Waals surface area contributed by atoms with E-state index in [2.05, 4.69) is 5.32 Å². The molecule has 0 aromatic heterocycles. The van der Waals surface area contributed by atoms with E-state index in [0.717, 1.165) is 11.1 Å². The molecule has 0 saturated carbocycles. The highest BCUT2D eigenvalue weighted by atomic mass is 32.2. The maximum absolute atomic E-state index is 13.2. The zero-order valence-electron chi connectivity index (χ0n) is 18.2. The van der Waals surface area contributed by atoms with E-state index in [9.17, 15) is 14.4 Å². The molecule has 2 aliphatic rings. The molecule has 8 heteroatoms. The second kappa shape index (κ2) is 8.60. The minimum atomic E-state index is -1.50. The van der Waals surface area contributed by atoms with Crippen LogP contribution in [0.4, 0.5) is 0 Å². The van der Waals surface area contributed by atoms with Crippen molar-refractivity contribution in [2.75, 3.05) is 7.11 Å². The number of esters is 1. The van der Waals surface area contributed by atoms with Gasteiger partial charge in [0, 0.05) is 11.9 Å². The van der Waals surface area contributed by atoms with Gasteiger partial charge in [-0.3, -0.25) is 9.59 Å². The minimum absolute atomic E-state index is 0.128. The number of carbonyl (C=O) groups excluding carboxylic acids is 3. The number of benzene rings is 2. The van der Waals surface area contributed by atoms with Crippen molar-refractivity contribution in [1.29, 1.82) is 0 Å². The Hall–Kier alpha value is -2.84. The van der Waals surface area contributed by atoms with Gasteiger partial charge in [0.1, 0.15) is 18.0 Å². The number of ether oxygens (including phenoxy) is 2. The van der Waals surface area contributed by atoms with Crippen LogP contribution in [0.25, 0.3) is 0 Å². The molecule has 7 nitrogen and oxygen atoms in total. The Balaban J connectivity index is 1.47. The number of nitrogens with one attached hydrogen (secondary N) is 1. The van der Waals surface area contributed by atoms with Crippen LogP contribution >= 0.6 is 11.8 Å². The minimum Gasteiger partial charge on any atom is -0.459 e. The average molecular weight is 455 g/mol. The second-order valence-corrected chi connectivity index (χ2v) is 10.2. The molecule has 3 atom stereocenters. The van der Waals surface area contributed by atoms with Gasteiger partial charge in [0.2, 0.25) is 5.91 Å². The summed E-state index contributed by atoms with van der Waals surface area (Å²) in [4.78, 5) is 40.4. The molecule has 1 N–H and O–H groups in total. The van der Waals surface area contributed by atoms with Gasteiger partial charge in [-0.15, -0.1) is 11.8 Å². The number of methoxy groups -OCH3 is 1. The average Bonchev–Trinajstić information content (AvgIpc) is 3.06. The van der Waals surface area contributed by atoms with Crippen molar-refractivity contribution in [2.24, 2.45) is 0 Å². The first-order valence-corrected chi connectivity index (χ1v) is 11.3. The van der Waals surface area contributed by atoms with E-state index in [1.807, 2.05) is 74.5 Å². The highest BCUT2D eigenvalue weighted by Crippen LogP contribution is 2.55. The number of β-lactam (4-membered cyclic amide) rings is 1. The molecule has 2 saturated heterocycles. The van der Waals surface area contributed by atoms with Crippen molar-refractivity contribution in [2.45, 2.75) is 48.8 Å². The predicted octanol–water partition coefficient (Wildman–Crippen LogP) is 2.49. The Bertz CT molecular complexity index is 1010. The maximum Gasteiger partial charge on any atom is 0.330 e. The number of fused-ring (bicyclic) bond motifs is 1. The molecule has 2 aromatic rings. The van der Waals surface area contributed by atoms with E-state index in [1.165, 1.54) is 23.8 Å². The molecule has 0 bridgehead atoms. The number of rotatable bonds is 7. The fourth-order valence-corrected chi connectivity index (χ4v) is 5.87. The molecule has 32 heavy (non-hydrogen) atoms. The van der Waals surface area contributed by atoms with Crippen LogP contribution in [0.2, 0.25) is 0 Å². The van der Waals surface area contributed by atoms with Crippen LogP contribution < -0.4 is 5.32 Å². The van der Waals surface area contributed by atoms with E-state index in [-0.39, 0.29) is 18.9 Å². The van der Waals surface area contributed by atoms with Crippen molar-refractivity contribution < 1.29 is 23.9 Å². The third-order valence-electron chi connectivity index (χ3n) is 5.81. The second-order valence-electron chi connectivity index (χ2n) is 8.43. The molecule has 4 rings (SSSR count). The molecule has 0 radical (unpaired) electrons. The van der Waals surface area contributed by atoms with Crippen molar-refractivity contribution in [3.8, 4) is 0 Å². The van der Waals surface area contributed by atoms with Gasteiger partial charge in [0.05, 0.1) is 6.42 Å². The van der Waals surface area contributed by atoms with Crippen LogP contribution in [-0.4, -0.2) is 51.7 Å². The summed E-state index contributed by atoms with van der Waals surface area (Å²) in [5.41, 5.74) is 0.208. The van der Waals surface area contributed by atoms with Crippen LogP contribution in [-0.2, 0) is 36.9 Å². The molecule has 168 valence electrons. The zero-order valence-corrected chi connectivity index (χ0v) is 19.1. The number of hydrogen-bond acceptors (Lipinski definition) is 6. The lowest BCUT2D eigenvalue weighted by molar-refractivity contribution is -0.202. The fraction of sp³-hybridized carbons (Fsp3) is 0.375. The smallest absolute Gasteiger partial charge is 0.330 e. The van der Waals surface area contributed by atoms with Crippen LogP contribution in [0.1, 0.15) is 25.0 Å². The third-order valence-corrected chi connectivity index (χ3v) is 7.42. The van der Waals surface area contributed by atoms with Crippen molar-refractivity contribution in [3.63, 3.8) is 0 Å². The quantitative estimate of drug-likeness (QED) is 0.393. The van der Waals surface area contributed by atoms with Gasteiger partial charge in [-0.05, 0) is 25.0 Å². The molecule has 2 aromatic carbocycles. The van der Waals surface area contributed by atoms with Gasteiger partial charge in [-0.2, -0.15) is 0 Å². The zero-order chi connectivity index (χ0) is 22.9. The standard InChI is InChI=1S/C24H26N2O5S/c1-23(2)19(20(28)31-15-17-12-8-5-9-13-17)26-21(29)24(30-3,22(26)32-23)25-18(27)14-16-10-6-4-7-11-16/h4-13,19,22H,14-15H2,1-3H3,(H,25,27)/t19-,22+,24?/m0/s1. The number of thioether (sulfide) groups is 1. The van der Waals surface area contributed by atoms with Crippen molar-refractivity contribution >= 4 is 29.5 Å². The van der Waals surface area contributed by atoms with E-state index < -0.39 is 33.8 Å². The molecule has 2 aliphatic heterocycles. The third kappa shape index (κ3) is 3.89. The number of carbonyl (C=O) groups is 3. The Morgan fingerprint density at radius 3 is 2.22 bits per heavy atom. The lowest BCUT2D eigenvalue weighted by atomic mass is 9.93. The van der Waals surface area contributed by atoms with E-state index >= 15 is 0 Å². The summed E-state index contributed by atoms with van der Waals surface area (Å²) in [5, 5.41) is 2.25. The lowest BCUT2D eigenvalue weighted by Crippen LogP contribution is -2.80. The Morgan fingerprint density at radius 2 is 1.62 bits per heavy atom. The molecule has 0 aliphatic carbocycles. The summed E-state index contributed by atoms with van der Waals surface area (Å²) in [5.74, 6) is -1.23. The summed E-state index contributed by atoms with van der Waals surface area (Å²) in [6.45, 7) is 3.92. The highest BCUT2D eigenvalue weighted by molar-refractivity contribution is 8.01. The van der Waals surface area contributed by atoms with Crippen LogP contribution in [0.5, 0.6) is 0 Å². The summed E-state index contributed by atoms with van der Waals surface area (Å²) < 4.78 is 10.5. The largest absolute Gasteiger partial charge is 0.459 e. The van der Waals surface area contributed by atoms with Crippen LogP contribution in [0.15, 0.2) is 60.7 Å². The van der Waals surface area contributed by atoms with Crippen LogP contribution in [0, 0.1) is 0 Å². The molecule has 0 spiro atoms.